The highest BCUT2D eigenvalue weighted by molar-refractivity contribution is 5.74. The average Bonchev–Trinajstić information content (AvgIpc) is 2.71. The molecule has 8 heteroatoms. The number of halogens is 2. The molecule has 0 saturated carbocycles. The Morgan fingerprint density at radius 3 is 2.59 bits per heavy atom. The first-order valence-corrected chi connectivity index (χ1v) is 9.67. The van der Waals surface area contributed by atoms with E-state index >= 15 is 0 Å². The Kier molecular flexibility index (Phi) is 5.19. The Bertz CT molecular complexity index is 1110. The SMILES string of the molecule is CCc1cc2ncc(CN3CCN(c4cc(F)c(N)cc4F)CC3)cc2[nH]c1=O. The molecule has 3 aromatic rings. The summed E-state index contributed by atoms with van der Waals surface area (Å²) in [5, 5.41) is 0. The summed E-state index contributed by atoms with van der Waals surface area (Å²) in [6, 6.07) is 5.97. The number of piperazine rings is 1. The molecule has 1 aliphatic rings. The van der Waals surface area contributed by atoms with Crippen molar-refractivity contribution in [1.29, 1.82) is 0 Å². The van der Waals surface area contributed by atoms with Gasteiger partial charge in [-0.2, -0.15) is 0 Å². The number of benzene rings is 1. The van der Waals surface area contributed by atoms with Crippen molar-refractivity contribution in [3.8, 4) is 0 Å². The zero-order valence-electron chi connectivity index (χ0n) is 16.2. The average molecular weight is 399 g/mol. The molecule has 0 atom stereocenters. The van der Waals surface area contributed by atoms with E-state index in [2.05, 4.69) is 14.9 Å². The number of H-pyrrole nitrogens is 1. The maximum Gasteiger partial charge on any atom is 0.251 e. The summed E-state index contributed by atoms with van der Waals surface area (Å²) < 4.78 is 27.9. The smallest absolute Gasteiger partial charge is 0.251 e. The minimum Gasteiger partial charge on any atom is -0.396 e. The molecule has 0 unspecified atom stereocenters. The molecule has 2 aromatic heterocycles. The first-order valence-electron chi connectivity index (χ1n) is 9.67. The van der Waals surface area contributed by atoms with Crippen LogP contribution in [-0.4, -0.2) is 41.0 Å². The summed E-state index contributed by atoms with van der Waals surface area (Å²) in [4.78, 5) is 23.5. The predicted octanol–water partition coefficient (Wildman–Crippen LogP) is 2.67. The molecule has 1 saturated heterocycles. The Labute approximate surface area is 167 Å². The van der Waals surface area contributed by atoms with E-state index in [-0.39, 0.29) is 16.9 Å². The minimum absolute atomic E-state index is 0.0784. The fourth-order valence-corrected chi connectivity index (χ4v) is 3.72. The first kappa shape index (κ1) is 19.3. The standard InChI is InChI=1S/C21H23F2N5O/c1-2-14-8-18-19(26-21(14)29)7-13(11-25-18)12-27-3-5-28(6-4-27)20-10-15(22)17(24)9-16(20)23/h7-11H,2-6,12,24H2,1H3,(H,26,29). The molecule has 152 valence electrons. The second kappa shape index (κ2) is 7.79. The number of hydrogen-bond acceptors (Lipinski definition) is 5. The molecule has 1 aliphatic heterocycles. The summed E-state index contributed by atoms with van der Waals surface area (Å²) >= 11 is 0. The van der Waals surface area contributed by atoms with Crippen molar-refractivity contribution in [3.05, 3.63) is 63.6 Å². The van der Waals surface area contributed by atoms with Gasteiger partial charge in [-0.1, -0.05) is 6.92 Å². The third-order valence-electron chi connectivity index (χ3n) is 5.39. The van der Waals surface area contributed by atoms with E-state index in [9.17, 15) is 13.6 Å². The monoisotopic (exact) mass is 399 g/mol. The predicted molar refractivity (Wildman–Crippen MR) is 110 cm³/mol. The third kappa shape index (κ3) is 3.93. The maximum atomic E-state index is 14.2. The molecule has 29 heavy (non-hydrogen) atoms. The molecule has 0 spiro atoms. The normalized spacial score (nSPS) is 15.2. The number of nitrogens with two attached hydrogens (primary N) is 1. The van der Waals surface area contributed by atoms with Crippen molar-refractivity contribution in [3.63, 3.8) is 0 Å². The van der Waals surface area contributed by atoms with Crippen LogP contribution in [0.15, 0.2) is 35.3 Å². The number of fused-ring (bicyclic) bond motifs is 1. The Morgan fingerprint density at radius 1 is 1.10 bits per heavy atom. The number of rotatable bonds is 4. The van der Waals surface area contributed by atoms with E-state index in [1.165, 1.54) is 0 Å². The molecular formula is C21H23F2N5O. The lowest BCUT2D eigenvalue weighted by atomic mass is 10.1. The number of aromatic amines is 1. The number of hydrogen-bond donors (Lipinski definition) is 2. The summed E-state index contributed by atoms with van der Waals surface area (Å²) in [6.07, 6.45) is 2.49. The van der Waals surface area contributed by atoms with Gasteiger partial charge in [0.25, 0.3) is 5.56 Å². The van der Waals surface area contributed by atoms with Crippen molar-refractivity contribution in [2.45, 2.75) is 19.9 Å². The number of nitrogens with one attached hydrogen (secondary N) is 1. The molecule has 3 N–H and O–H groups in total. The highest BCUT2D eigenvalue weighted by Crippen LogP contribution is 2.26. The van der Waals surface area contributed by atoms with Gasteiger partial charge < -0.3 is 15.6 Å². The number of pyridine rings is 2. The third-order valence-corrected chi connectivity index (χ3v) is 5.39. The molecule has 6 nitrogen and oxygen atoms in total. The largest absolute Gasteiger partial charge is 0.396 e. The van der Waals surface area contributed by atoms with Gasteiger partial charge in [0.05, 0.1) is 22.4 Å². The van der Waals surface area contributed by atoms with Crippen molar-refractivity contribution in [2.24, 2.45) is 0 Å². The fraction of sp³-hybridized carbons (Fsp3) is 0.333. The van der Waals surface area contributed by atoms with Gasteiger partial charge in [-0.25, -0.2) is 8.78 Å². The van der Waals surface area contributed by atoms with Crippen LogP contribution in [0.4, 0.5) is 20.2 Å². The quantitative estimate of drug-likeness (QED) is 0.660. The van der Waals surface area contributed by atoms with Gasteiger partial charge in [-0.15, -0.1) is 0 Å². The molecule has 1 aromatic carbocycles. The summed E-state index contributed by atoms with van der Waals surface area (Å²) in [5.74, 6) is -1.11. The van der Waals surface area contributed by atoms with E-state index in [0.29, 0.717) is 39.1 Å². The van der Waals surface area contributed by atoms with E-state index in [1.807, 2.05) is 30.2 Å². The summed E-state index contributed by atoms with van der Waals surface area (Å²) in [6.45, 7) is 5.18. The van der Waals surface area contributed by atoms with Crippen LogP contribution >= 0.6 is 0 Å². The van der Waals surface area contributed by atoms with Gasteiger partial charge in [0.15, 0.2) is 0 Å². The number of nitrogens with zero attached hydrogens (tertiary/aromatic N) is 3. The van der Waals surface area contributed by atoms with Crippen LogP contribution in [0.5, 0.6) is 0 Å². The summed E-state index contributed by atoms with van der Waals surface area (Å²) in [5.41, 5.74) is 8.62. The van der Waals surface area contributed by atoms with Gasteiger partial charge in [0.1, 0.15) is 11.6 Å². The maximum absolute atomic E-state index is 14.2. The Hall–Kier alpha value is -3.00. The topological polar surface area (TPSA) is 78.2 Å². The summed E-state index contributed by atoms with van der Waals surface area (Å²) in [7, 11) is 0. The fourth-order valence-electron chi connectivity index (χ4n) is 3.72. The molecule has 0 amide bonds. The van der Waals surface area contributed by atoms with Crippen LogP contribution in [0.2, 0.25) is 0 Å². The van der Waals surface area contributed by atoms with Gasteiger partial charge in [0.2, 0.25) is 0 Å². The van der Waals surface area contributed by atoms with E-state index in [0.717, 1.165) is 34.3 Å². The number of anilines is 2. The Morgan fingerprint density at radius 2 is 1.86 bits per heavy atom. The van der Waals surface area contributed by atoms with Gasteiger partial charge in [-0.05, 0) is 24.1 Å². The van der Waals surface area contributed by atoms with Crippen molar-refractivity contribution < 1.29 is 8.78 Å². The molecule has 0 aliphatic carbocycles. The lowest BCUT2D eigenvalue weighted by Crippen LogP contribution is -2.46. The molecule has 1 fully saturated rings. The van der Waals surface area contributed by atoms with Crippen LogP contribution in [-0.2, 0) is 13.0 Å². The molecule has 4 rings (SSSR count). The molecule has 0 bridgehead atoms. The second-order valence-corrected chi connectivity index (χ2v) is 7.34. The number of aryl methyl sites for hydroxylation is 1. The van der Waals surface area contributed by atoms with Crippen LogP contribution in [0.25, 0.3) is 11.0 Å². The minimum atomic E-state index is -0.605. The van der Waals surface area contributed by atoms with Crippen LogP contribution in [0.1, 0.15) is 18.1 Å². The molecular weight excluding hydrogens is 376 g/mol. The van der Waals surface area contributed by atoms with Gasteiger partial charge >= 0.3 is 0 Å². The van der Waals surface area contributed by atoms with Crippen LogP contribution < -0.4 is 16.2 Å². The highest BCUT2D eigenvalue weighted by Gasteiger charge is 2.21. The van der Waals surface area contributed by atoms with Gasteiger partial charge in [-0.3, -0.25) is 14.7 Å². The highest BCUT2D eigenvalue weighted by atomic mass is 19.1. The van der Waals surface area contributed by atoms with Crippen LogP contribution in [0.3, 0.4) is 0 Å². The van der Waals surface area contributed by atoms with E-state index < -0.39 is 11.6 Å². The Balaban J connectivity index is 1.44. The van der Waals surface area contributed by atoms with Crippen molar-refractivity contribution >= 4 is 22.4 Å². The van der Waals surface area contributed by atoms with Crippen molar-refractivity contribution in [2.75, 3.05) is 36.8 Å². The second-order valence-electron chi connectivity index (χ2n) is 7.34. The lowest BCUT2D eigenvalue weighted by Gasteiger charge is -2.36. The van der Waals surface area contributed by atoms with Gasteiger partial charge in [0, 0.05) is 56.6 Å². The van der Waals surface area contributed by atoms with E-state index in [4.69, 9.17) is 5.73 Å². The lowest BCUT2D eigenvalue weighted by molar-refractivity contribution is 0.249. The van der Waals surface area contributed by atoms with E-state index in [1.54, 1.807) is 0 Å². The molecule has 3 heterocycles. The first-order chi connectivity index (χ1) is 13.9. The number of aromatic nitrogens is 2. The van der Waals surface area contributed by atoms with Crippen molar-refractivity contribution in [1.82, 2.24) is 14.9 Å². The van der Waals surface area contributed by atoms with Crippen LogP contribution in [0, 0.1) is 11.6 Å². The zero-order chi connectivity index (χ0) is 20.5. The zero-order valence-corrected chi connectivity index (χ0v) is 16.2. The number of nitrogen functional groups attached to an aromatic ring is 1. The molecule has 0 radical (unpaired) electrons.